The number of halogens is 1. The predicted molar refractivity (Wildman–Crippen MR) is 114 cm³/mol. The Labute approximate surface area is 175 Å². The van der Waals surface area contributed by atoms with Crippen molar-refractivity contribution in [3.05, 3.63) is 83.8 Å². The van der Waals surface area contributed by atoms with E-state index in [0.29, 0.717) is 22.7 Å². The molecule has 0 fully saturated rings. The SMILES string of the molecule is C=C(/C=C(/Cc1ccccc1F)NC)C(=O)N[C@H]1COc2ccccc2N(C)C1=O. The van der Waals surface area contributed by atoms with Gasteiger partial charge in [0.1, 0.15) is 24.2 Å². The Morgan fingerprint density at radius 1 is 1.27 bits per heavy atom. The lowest BCUT2D eigenvalue weighted by atomic mass is 10.1. The van der Waals surface area contributed by atoms with E-state index in [-0.39, 0.29) is 30.3 Å². The number of nitrogens with zero attached hydrogens (tertiary/aromatic N) is 1. The van der Waals surface area contributed by atoms with Gasteiger partial charge >= 0.3 is 0 Å². The average Bonchev–Trinajstić information content (AvgIpc) is 2.87. The van der Waals surface area contributed by atoms with Crippen LogP contribution in [0.1, 0.15) is 5.56 Å². The average molecular weight is 409 g/mol. The number of carbonyl (C=O) groups excluding carboxylic acids is 2. The van der Waals surface area contributed by atoms with Crippen LogP contribution in [0.25, 0.3) is 0 Å². The highest BCUT2D eigenvalue weighted by Crippen LogP contribution is 2.29. The smallest absolute Gasteiger partial charge is 0.252 e. The van der Waals surface area contributed by atoms with Gasteiger partial charge in [-0.2, -0.15) is 0 Å². The van der Waals surface area contributed by atoms with Crippen molar-refractivity contribution in [2.45, 2.75) is 12.5 Å². The monoisotopic (exact) mass is 409 g/mol. The van der Waals surface area contributed by atoms with Crippen LogP contribution in [0.3, 0.4) is 0 Å². The fourth-order valence-corrected chi connectivity index (χ4v) is 3.14. The Bertz CT molecular complexity index is 1000. The molecule has 3 rings (SSSR count). The molecule has 0 unspecified atom stereocenters. The van der Waals surface area contributed by atoms with E-state index < -0.39 is 11.9 Å². The number of allylic oxidation sites excluding steroid dienone is 1. The number of benzene rings is 2. The van der Waals surface area contributed by atoms with E-state index in [4.69, 9.17) is 4.74 Å². The van der Waals surface area contributed by atoms with Crippen molar-refractivity contribution in [1.82, 2.24) is 10.6 Å². The molecule has 2 N–H and O–H groups in total. The zero-order valence-electron chi connectivity index (χ0n) is 16.9. The molecule has 6 nitrogen and oxygen atoms in total. The van der Waals surface area contributed by atoms with Gasteiger partial charge < -0.3 is 20.3 Å². The number of nitrogens with one attached hydrogen (secondary N) is 2. The summed E-state index contributed by atoms with van der Waals surface area (Å²) in [4.78, 5) is 26.9. The standard InChI is InChI=1S/C23H24FN3O3/c1-15(12-17(25-2)13-16-8-4-5-9-18(16)24)22(28)26-19-14-30-21-11-7-6-10-20(21)27(3)23(19)29/h4-12,19,25H,1,13-14H2,2-3H3,(H,26,28)/b17-12-/t19-/m0/s1. The van der Waals surface area contributed by atoms with Crippen LogP contribution in [0.15, 0.2) is 72.5 Å². The van der Waals surface area contributed by atoms with E-state index in [0.717, 1.165) is 0 Å². The van der Waals surface area contributed by atoms with Crippen LogP contribution in [0.2, 0.25) is 0 Å². The minimum absolute atomic E-state index is 0.0109. The van der Waals surface area contributed by atoms with Gasteiger partial charge in [-0.3, -0.25) is 9.59 Å². The number of hydrogen-bond donors (Lipinski definition) is 2. The Morgan fingerprint density at radius 2 is 1.97 bits per heavy atom. The van der Waals surface area contributed by atoms with Crippen LogP contribution in [0.4, 0.5) is 10.1 Å². The first kappa shape index (κ1) is 21.1. The lowest BCUT2D eigenvalue weighted by molar-refractivity contribution is -0.125. The highest BCUT2D eigenvalue weighted by atomic mass is 19.1. The molecule has 0 spiro atoms. The number of fused-ring (bicyclic) bond motifs is 1. The summed E-state index contributed by atoms with van der Waals surface area (Å²) in [5, 5.41) is 5.64. The first-order valence-corrected chi connectivity index (χ1v) is 9.51. The molecule has 0 aliphatic carbocycles. The van der Waals surface area contributed by atoms with Gasteiger partial charge in [-0.1, -0.05) is 36.9 Å². The molecule has 0 saturated carbocycles. The van der Waals surface area contributed by atoms with Crippen LogP contribution in [0.5, 0.6) is 5.75 Å². The third-order valence-electron chi connectivity index (χ3n) is 4.87. The van der Waals surface area contributed by atoms with Gasteiger partial charge in [0, 0.05) is 31.8 Å². The molecule has 2 amide bonds. The molecule has 1 heterocycles. The number of ether oxygens (including phenoxy) is 1. The maximum atomic E-state index is 13.9. The second-order valence-electron chi connectivity index (χ2n) is 6.92. The Balaban J connectivity index is 1.69. The summed E-state index contributed by atoms with van der Waals surface area (Å²) < 4.78 is 19.6. The number of likely N-dealkylation sites (N-methyl/N-ethyl adjacent to an activating group) is 2. The number of rotatable bonds is 6. The minimum atomic E-state index is -0.857. The molecular formula is C23H24FN3O3. The summed E-state index contributed by atoms with van der Waals surface area (Å²) in [5.74, 6) is -0.536. The zero-order chi connectivity index (χ0) is 21.7. The molecule has 0 aromatic heterocycles. The summed E-state index contributed by atoms with van der Waals surface area (Å²) >= 11 is 0. The van der Waals surface area contributed by atoms with Crippen LogP contribution in [-0.4, -0.2) is 38.6 Å². The molecule has 1 atom stereocenters. The molecule has 2 aromatic rings. The first-order chi connectivity index (χ1) is 14.4. The lowest BCUT2D eigenvalue weighted by Crippen LogP contribution is -2.49. The van der Waals surface area contributed by atoms with E-state index in [2.05, 4.69) is 17.2 Å². The van der Waals surface area contributed by atoms with Crippen molar-refractivity contribution in [3.8, 4) is 5.75 Å². The topological polar surface area (TPSA) is 70.7 Å². The van der Waals surface area contributed by atoms with Gasteiger partial charge in [-0.05, 0) is 29.8 Å². The Morgan fingerprint density at radius 3 is 2.70 bits per heavy atom. The normalized spacial score (nSPS) is 16.2. The van der Waals surface area contributed by atoms with Crippen molar-refractivity contribution >= 4 is 17.5 Å². The molecule has 7 heteroatoms. The highest BCUT2D eigenvalue weighted by molar-refractivity contribution is 6.03. The quantitative estimate of drug-likeness (QED) is 0.568. The maximum Gasteiger partial charge on any atom is 0.252 e. The molecule has 156 valence electrons. The molecule has 0 radical (unpaired) electrons. The van der Waals surface area contributed by atoms with Crippen molar-refractivity contribution in [3.63, 3.8) is 0 Å². The van der Waals surface area contributed by atoms with Crippen molar-refractivity contribution < 1.29 is 18.7 Å². The Kier molecular flexibility index (Phi) is 6.51. The van der Waals surface area contributed by atoms with Crippen LogP contribution in [-0.2, 0) is 16.0 Å². The van der Waals surface area contributed by atoms with Crippen LogP contribution in [0, 0.1) is 5.82 Å². The fraction of sp³-hybridized carbons (Fsp3) is 0.217. The van der Waals surface area contributed by atoms with Gasteiger partial charge in [0.05, 0.1) is 5.69 Å². The number of para-hydroxylation sites is 2. The van der Waals surface area contributed by atoms with Gasteiger partial charge in [0.15, 0.2) is 0 Å². The summed E-state index contributed by atoms with van der Waals surface area (Å²) in [5.41, 5.74) is 1.90. The summed E-state index contributed by atoms with van der Waals surface area (Å²) in [6, 6.07) is 12.8. The summed E-state index contributed by atoms with van der Waals surface area (Å²) in [7, 11) is 3.32. The number of amides is 2. The van der Waals surface area contributed by atoms with E-state index in [9.17, 15) is 14.0 Å². The number of hydrogen-bond acceptors (Lipinski definition) is 4. The van der Waals surface area contributed by atoms with Crippen LogP contribution < -0.4 is 20.3 Å². The van der Waals surface area contributed by atoms with Crippen molar-refractivity contribution in [2.24, 2.45) is 0 Å². The largest absolute Gasteiger partial charge is 0.489 e. The lowest BCUT2D eigenvalue weighted by Gasteiger charge is -2.20. The number of anilines is 1. The van der Waals surface area contributed by atoms with Gasteiger partial charge in [0.2, 0.25) is 0 Å². The summed E-state index contributed by atoms with van der Waals surface area (Å²) in [6.45, 7) is 3.80. The Hall–Kier alpha value is -3.61. The van der Waals surface area contributed by atoms with E-state index in [1.54, 1.807) is 50.5 Å². The summed E-state index contributed by atoms with van der Waals surface area (Å²) in [6.07, 6.45) is 1.82. The molecule has 1 aliphatic rings. The molecule has 2 aromatic carbocycles. The molecule has 1 aliphatic heterocycles. The van der Waals surface area contributed by atoms with E-state index in [1.165, 1.54) is 11.0 Å². The van der Waals surface area contributed by atoms with E-state index >= 15 is 0 Å². The molecule has 30 heavy (non-hydrogen) atoms. The zero-order valence-corrected chi connectivity index (χ0v) is 16.9. The third kappa shape index (κ3) is 4.68. The van der Waals surface area contributed by atoms with Crippen LogP contribution >= 0.6 is 0 Å². The third-order valence-corrected chi connectivity index (χ3v) is 4.87. The first-order valence-electron chi connectivity index (χ1n) is 9.51. The fourth-order valence-electron chi connectivity index (χ4n) is 3.14. The predicted octanol–water partition coefficient (Wildman–Crippen LogP) is 2.57. The second-order valence-corrected chi connectivity index (χ2v) is 6.92. The second kappa shape index (κ2) is 9.26. The molecule has 0 saturated heterocycles. The molecular weight excluding hydrogens is 385 g/mol. The minimum Gasteiger partial charge on any atom is -0.489 e. The highest BCUT2D eigenvalue weighted by Gasteiger charge is 2.30. The maximum absolute atomic E-state index is 13.9. The van der Waals surface area contributed by atoms with Gasteiger partial charge in [-0.15, -0.1) is 0 Å². The van der Waals surface area contributed by atoms with Crippen molar-refractivity contribution in [1.29, 1.82) is 0 Å². The number of carbonyl (C=O) groups is 2. The van der Waals surface area contributed by atoms with Crippen molar-refractivity contribution in [2.75, 3.05) is 25.6 Å². The van der Waals surface area contributed by atoms with Gasteiger partial charge in [-0.25, -0.2) is 4.39 Å². The molecule has 0 bridgehead atoms. The van der Waals surface area contributed by atoms with E-state index in [1.807, 2.05) is 12.1 Å². The van der Waals surface area contributed by atoms with Gasteiger partial charge in [0.25, 0.3) is 11.8 Å².